The van der Waals surface area contributed by atoms with Crippen molar-refractivity contribution >= 4 is 5.69 Å². The van der Waals surface area contributed by atoms with Gasteiger partial charge >= 0.3 is 0 Å². The first-order valence-electron chi connectivity index (χ1n) is 5.82. The fourth-order valence-electron chi connectivity index (χ4n) is 1.73. The van der Waals surface area contributed by atoms with Crippen molar-refractivity contribution in [3.05, 3.63) is 42.1 Å². The van der Waals surface area contributed by atoms with Crippen molar-refractivity contribution in [2.45, 2.75) is 6.92 Å². The third-order valence-electron chi connectivity index (χ3n) is 2.68. The standard InChI is InChI=1S/C13H10FN5O/c1-7-16-5-4-11(17-7)12-18-13(20-19-12)9-6-8(14)2-3-10(9)15/h2-6H,15H2,1H3. The molecule has 3 rings (SSSR count). The van der Waals surface area contributed by atoms with Crippen LogP contribution in [0.3, 0.4) is 0 Å². The van der Waals surface area contributed by atoms with Gasteiger partial charge < -0.3 is 10.3 Å². The molecule has 0 aliphatic heterocycles. The van der Waals surface area contributed by atoms with Gasteiger partial charge in [0.15, 0.2) is 0 Å². The van der Waals surface area contributed by atoms with Crippen LogP contribution < -0.4 is 5.73 Å². The van der Waals surface area contributed by atoms with E-state index in [0.717, 1.165) is 0 Å². The number of hydrogen-bond donors (Lipinski definition) is 1. The summed E-state index contributed by atoms with van der Waals surface area (Å²) in [6, 6.07) is 5.63. The predicted octanol–water partition coefficient (Wildman–Crippen LogP) is 2.22. The summed E-state index contributed by atoms with van der Waals surface area (Å²) < 4.78 is 18.4. The van der Waals surface area contributed by atoms with Crippen LogP contribution in [0.25, 0.3) is 23.0 Å². The molecule has 0 saturated carbocycles. The predicted molar refractivity (Wildman–Crippen MR) is 69.9 cm³/mol. The zero-order valence-corrected chi connectivity index (χ0v) is 10.5. The number of nitrogens with two attached hydrogens (primary N) is 1. The van der Waals surface area contributed by atoms with Crippen LogP contribution in [-0.2, 0) is 0 Å². The Bertz CT molecular complexity index is 771. The number of benzene rings is 1. The van der Waals surface area contributed by atoms with E-state index in [-0.39, 0.29) is 5.89 Å². The lowest BCUT2D eigenvalue weighted by molar-refractivity contribution is 0.432. The molecular weight excluding hydrogens is 261 g/mol. The smallest absolute Gasteiger partial charge is 0.260 e. The molecule has 0 unspecified atom stereocenters. The molecule has 6 nitrogen and oxygen atoms in total. The zero-order chi connectivity index (χ0) is 14.1. The molecule has 2 N–H and O–H groups in total. The van der Waals surface area contributed by atoms with Gasteiger partial charge in [-0.2, -0.15) is 4.98 Å². The Labute approximate surface area is 113 Å². The third kappa shape index (κ3) is 2.20. The molecule has 0 aliphatic rings. The molecule has 0 bridgehead atoms. The van der Waals surface area contributed by atoms with Gasteiger partial charge in [-0.1, -0.05) is 5.16 Å². The van der Waals surface area contributed by atoms with E-state index in [1.54, 1.807) is 19.2 Å². The van der Waals surface area contributed by atoms with E-state index in [1.807, 2.05) is 0 Å². The monoisotopic (exact) mass is 271 g/mol. The maximum Gasteiger partial charge on any atom is 0.260 e. The number of aromatic nitrogens is 4. The van der Waals surface area contributed by atoms with Crippen molar-refractivity contribution in [1.29, 1.82) is 0 Å². The molecule has 1 aromatic carbocycles. The average molecular weight is 271 g/mol. The Balaban J connectivity index is 2.04. The average Bonchev–Trinajstić information content (AvgIpc) is 2.91. The summed E-state index contributed by atoms with van der Waals surface area (Å²) in [5.41, 5.74) is 7.02. The Hall–Kier alpha value is -2.83. The maximum absolute atomic E-state index is 13.2. The van der Waals surface area contributed by atoms with E-state index in [9.17, 15) is 4.39 Å². The first-order valence-corrected chi connectivity index (χ1v) is 5.82. The Morgan fingerprint density at radius 3 is 2.85 bits per heavy atom. The van der Waals surface area contributed by atoms with E-state index in [0.29, 0.717) is 28.6 Å². The second-order valence-corrected chi connectivity index (χ2v) is 4.14. The summed E-state index contributed by atoms with van der Waals surface area (Å²) in [6.07, 6.45) is 1.60. The molecule has 0 saturated heterocycles. The van der Waals surface area contributed by atoms with Gasteiger partial charge in [0.25, 0.3) is 5.89 Å². The largest absolute Gasteiger partial charge is 0.398 e. The first-order chi connectivity index (χ1) is 9.63. The fraction of sp³-hybridized carbons (Fsp3) is 0.0769. The number of anilines is 1. The van der Waals surface area contributed by atoms with E-state index in [4.69, 9.17) is 10.3 Å². The zero-order valence-electron chi connectivity index (χ0n) is 10.5. The summed E-state index contributed by atoms with van der Waals surface area (Å²) in [7, 11) is 0. The fourth-order valence-corrected chi connectivity index (χ4v) is 1.73. The van der Waals surface area contributed by atoms with Gasteiger partial charge in [-0.15, -0.1) is 0 Å². The van der Waals surface area contributed by atoms with Crippen LogP contribution in [0.5, 0.6) is 0 Å². The highest BCUT2D eigenvalue weighted by Gasteiger charge is 2.14. The van der Waals surface area contributed by atoms with Crippen LogP contribution in [0.4, 0.5) is 10.1 Å². The van der Waals surface area contributed by atoms with Crippen LogP contribution in [-0.4, -0.2) is 20.1 Å². The normalized spacial score (nSPS) is 10.7. The lowest BCUT2D eigenvalue weighted by Crippen LogP contribution is -1.92. The molecule has 0 radical (unpaired) electrons. The summed E-state index contributed by atoms with van der Waals surface area (Å²) in [5.74, 6) is 0.619. The van der Waals surface area contributed by atoms with Gasteiger partial charge in [-0.25, -0.2) is 14.4 Å². The first kappa shape index (κ1) is 12.2. The minimum atomic E-state index is -0.424. The molecule has 100 valence electrons. The maximum atomic E-state index is 13.2. The number of hydrogen-bond acceptors (Lipinski definition) is 6. The minimum absolute atomic E-state index is 0.147. The van der Waals surface area contributed by atoms with Crippen LogP contribution >= 0.6 is 0 Å². The van der Waals surface area contributed by atoms with Crippen molar-refractivity contribution in [1.82, 2.24) is 20.1 Å². The lowest BCUT2D eigenvalue weighted by Gasteiger charge is -1.99. The van der Waals surface area contributed by atoms with Gasteiger partial charge in [0.2, 0.25) is 5.82 Å². The van der Waals surface area contributed by atoms with Crippen molar-refractivity contribution in [3.63, 3.8) is 0 Å². The lowest BCUT2D eigenvalue weighted by atomic mass is 10.2. The highest BCUT2D eigenvalue weighted by atomic mass is 19.1. The Kier molecular flexibility index (Phi) is 2.86. The highest BCUT2D eigenvalue weighted by Crippen LogP contribution is 2.26. The Morgan fingerprint density at radius 2 is 2.05 bits per heavy atom. The highest BCUT2D eigenvalue weighted by molar-refractivity contribution is 5.71. The molecule has 20 heavy (non-hydrogen) atoms. The van der Waals surface area contributed by atoms with Gasteiger partial charge in [0.1, 0.15) is 17.3 Å². The number of halogens is 1. The summed E-state index contributed by atoms with van der Waals surface area (Å²) in [5, 5.41) is 3.82. The SMILES string of the molecule is Cc1nccc(-c2noc(-c3cc(F)ccc3N)n2)n1. The summed E-state index contributed by atoms with van der Waals surface area (Å²) in [6.45, 7) is 1.76. The second kappa shape index (κ2) is 4.69. The van der Waals surface area contributed by atoms with Crippen LogP contribution in [0.15, 0.2) is 35.0 Å². The molecule has 0 aliphatic carbocycles. The summed E-state index contributed by atoms with van der Waals surface area (Å²) >= 11 is 0. The number of nitrogen functional groups attached to an aromatic ring is 1. The molecule has 2 heterocycles. The van der Waals surface area contributed by atoms with Crippen molar-refractivity contribution < 1.29 is 8.91 Å². The number of aryl methyl sites for hydroxylation is 1. The third-order valence-corrected chi connectivity index (χ3v) is 2.68. The van der Waals surface area contributed by atoms with Gasteiger partial charge in [-0.05, 0) is 31.2 Å². The van der Waals surface area contributed by atoms with Gasteiger partial charge in [0.05, 0.1) is 5.56 Å². The van der Waals surface area contributed by atoms with Gasteiger partial charge in [0, 0.05) is 11.9 Å². The van der Waals surface area contributed by atoms with Gasteiger partial charge in [-0.3, -0.25) is 0 Å². The molecule has 7 heteroatoms. The van der Waals surface area contributed by atoms with Crippen LogP contribution in [0.2, 0.25) is 0 Å². The topological polar surface area (TPSA) is 90.7 Å². The minimum Gasteiger partial charge on any atom is -0.398 e. The number of nitrogens with zero attached hydrogens (tertiary/aromatic N) is 4. The Morgan fingerprint density at radius 1 is 1.20 bits per heavy atom. The summed E-state index contributed by atoms with van der Waals surface area (Å²) in [4.78, 5) is 12.4. The van der Waals surface area contributed by atoms with Crippen LogP contribution in [0, 0.1) is 12.7 Å². The molecule has 0 atom stereocenters. The van der Waals surface area contributed by atoms with Crippen LogP contribution in [0.1, 0.15) is 5.82 Å². The molecule has 0 fully saturated rings. The molecular formula is C13H10FN5O. The van der Waals surface area contributed by atoms with E-state index >= 15 is 0 Å². The second-order valence-electron chi connectivity index (χ2n) is 4.14. The van der Waals surface area contributed by atoms with Crippen molar-refractivity contribution in [3.8, 4) is 23.0 Å². The number of rotatable bonds is 2. The van der Waals surface area contributed by atoms with E-state index in [2.05, 4.69) is 20.1 Å². The van der Waals surface area contributed by atoms with Crippen molar-refractivity contribution in [2.75, 3.05) is 5.73 Å². The van der Waals surface area contributed by atoms with Crippen molar-refractivity contribution in [2.24, 2.45) is 0 Å². The molecule has 2 aromatic heterocycles. The molecule has 0 spiro atoms. The van der Waals surface area contributed by atoms with E-state index < -0.39 is 5.82 Å². The quantitative estimate of drug-likeness (QED) is 0.719. The molecule has 0 amide bonds. The van der Waals surface area contributed by atoms with E-state index in [1.165, 1.54) is 18.2 Å². The molecule has 3 aromatic rings.